The maximum Gasteiger partial charge on any atom is 0.210 e. The predicted molar refractivity (Wildman–Crippen MR) is 57.8 cm³/mol. The van der Waals surface area contributed by atoms with E-state index in [9.17, 15) is 0 Å². The van der Waals surface area contributed by atoms with E-state index < -0.39 is 0 Å². The van der Waals surface area contributed by atoms with Crippen LogP contribution in [0.4, 0.5) is 0 Å². The molecule has 2 rings (SSSR count). The van der Waals surface area contributed by atoms with Gasteiger partial charge in [0.2, 0.25) is 5.90 Å². The lowest BCUT2D eigenvalue weighted by Crippen LogP contribution is -2.07. The van der Waals surface area contributed by atoms with Crippen molar-refractivity contribution in [3.8, 4) is 0 Å². The van der Waals surface area contributed by atoms with Crippen molar-refractivity contribution in [1.29, 1.82) is 0 Å². The number of hydrogen-bond donors (Lipinski definition) is 1. The third kappa shape index (κ3) is 2.00. The molecule has 2 aliphatic heterocycles. The maximum atomic E-state index is 5.59. The molecule has 0 saturated carbocycles. The van der Waals surface area contributed by atoms with Crippen LogP contribution in [0.25, 0.3) is 0 Å². The van der Waals surface area contributed by atoms with Crippen molar-refractivity contribution in [2.45, 2.75) is 6.42 Å². The van der Waals surface area contributed by atoms with Crippen molar-refractivity contribution < 1.29 is 4.74 Å². The lowest BCUT2D eigenvalue weighted by molar-refractivity contribution is 0.252. The van der Waals surface area contributed by atoms with Crippen molar-refractivity contribution in [3.63, 3.8) is 0 Å². The molecule has 3 nitrogen and oxygen atoms in total. The van der Waals surface area contributed by atoms with Crippen LogP contribution in [0.1, 0.15) is 6.42 Å². The molecule has 0 aromatic heterocycles. The molecule has 0 aromatic rings. The normalized spacial score (nSPS) is 22.4. The minimum absolute atomic E-state index is 0.367. The van der Waals surface area contributed by atoms with E-state index in [2.05, 4.69) is 15.9 Å². The fourth-order valence-corrected chi connectivity index (χ4v) is 2.63. The first-order valence-corrected chi connectivity index (χ1v) is 6.04. The molecule has 5 heteroatoms. The molecular formula is C8H11ClN2OS. The van der Waals surface area contributed by atoms with Gasteiger partial charge >= 0.3 is 0 Å². The minimum atomic E-state index is -0.367. The summed E-state index contributed by atoms with van der Waals surface area (Å²) in [6.07, 6.45) is 4.80. The van der Waals surface area contributed by atoms with E-state index >= 15 is 0 Å². The highest BCUT2D eigenvalue weighted by Gasteiger charge is 2.18. The van der Waals surface area contributed by atoms with Gasteiger partial charge in [-0.2, -0.15) is 0 Å². The lowest BCUT2D eigenvalue weighted by Gasteiger charge is -2.19. The van der Waals surface area contributed by atoms with Crippen LogP contribution in [0.5, 0.6) is 0 Å². The van der Waals surface area contributed by atoms with E-state index in [1.54, 1.807) is 0 Å². The van der Waals surface area contributed by atoms with Crippen molar-refractivity contribution >= 4 is 28.6 Å². The third-order valence-corrected chi connectivity index (χ3v) is 3.62. The monoisotopic (exact) mass is 218 g/mol. The summed E-state index contributed by atoms with van der Waals surface area (Å²) in [6, 6.07) is 0. The summed E-state index contributed by atoms with van der Waals surface area (Å²) in [5.74, 6) is 1.32. The van der Waals surface area contributed by atoms with Crippen molar-refractivity contribution in [2.75, 3.05) is 12.6 Å². The Kier molecular flexibility index (Phi) is 2.80. The van der Waals surface area contributed by atoms with Gasteiger partial charge in [0.1, 0.15) is 0 Å². The molecule has 13 heavy (non-hydrogen) atoms. The molecule has 0 spiro atoms. The zero-order chi connectivity index (χ0) is 9.10. The summed E-state index contributed by atoms with van der Waals surface area (Å²) in [5, 5.41) is 8.62. The molecule has 0 bridgehead atoms. The Morgan fingerprint density at radius 3 is 3.00 bits per heavy atom. The number of halogens is 1. The van der Waals surface area contributed by atoms with Gasteiger partial charge in [-0.25, -0.2) is 4.41 Å². The van der Waals surface area contributed by atoms with Gasteiger partial charge in [-0.3, -0.25) is 0 Å². The zero-order valence-corrected chi connectivity index (χ0v) is 8.71. The average Bonchev–Trinajstić information content (AvgIpc) is 2.70. The van der Waals surface area contributed by atoms with Gasteiger partial charge in [0, 0.05) is 12.3 Å². The van der Waals surface area contributed by atoms with Gasteiger partial charge in [-0.15, -0.1) is 27.8 Å². The van der Waals surface area contributed by atoms with Crippen LogP contribution in [-0.4, -0.2) is 22.9 Å². The molecule has 0 saturated heterocycles. The van der Waals surface area contributed by atoms with Crippen LogP contribution >= 0.6 is 22.7 Å². The standard InChI is InChI=1S/C8H11ClN2OS/c9-4-3-8-10-11(7-12-8)13-5-1-2-6-13/h1-2,5-6,13H,3-4,7H2. The fraction of sp³-hybridized carbons (Fsp3) is 0.375. The maximum absolute atomic E-state index is 5.59. The van der Waals surface area contributed by atoms with Crippen molar-refractivity contribution in [3.05, 3.63) is 23.0 Å². The van der Waals surface area contributed by atoms with Gasteiger partial charge < -0.3 is 4.74 Å². The summed E-state index contributed by atoms with van der Waals surface area (Å²) in [5.41, 5.74) is 0. The average molecular weight is 219 g/mol. The SMILES string of the molecule is ClCCC1=NN([SH]2C=CC=C2)CO1. The van der Waals surface area contributed by atoms with E-state index in [1.807, 2.05) is 16.6 Å². The molecule has 0 atom stereocenters. The minimum Gasteiger partial charge on any atom is -0.456 e. The Balaban J connectivity index is 1.96. The first kappa shape index (κ1) is 8.97. The van der Waals surface area contributed by atoms with Gasteiger partial charge in [0.15, 0.2) is 6.73 Å². The smallest absolute Gasteiger partial charge is 0.210 e. The molecule has 0 aromatic carbocycles. The first-order chi connectivity index (χ1) is 6.40. The summed E-state index contributed by atoms with van der Waals surface area (Å²) < 4.78 is 7.33. The molecule has 0 radical (unpaired) electrons. The number of hydrogen-bond acceptors (Lipinski definition) is 3. The Hall–Kier alpha value is -0.610. The number of rotatable bonds is 3. The highest BCUT2D eigenvalue weighted by atomic mass is 35.5. The van der Waals surface area contributed by atoms with Gasteiger partial charge in [0.25, 0.3) is 0 Å². The summed E-state index contributed by atoms with van der Waals surface area (Å²) in [6.45, 7) is 0.562. The Morgan fingerprint density at radius 1 is 1.54 bits per heavy atom. The van der Waals surface area contributed by atoms with E-state index in [1.165, 1.54) is 0 Å². The first-order valence-electron chi connectivity index (χ1n) is 4.07. The molecule has 0 unspecified atom stereocenters. The van der Waals surface area contributed by atoms with Crippen LogP contribution in [-0.2, 0) is 4.74 Å². The lowest BCUT2D eigenvalue weighted by atomic mass is 10.5. The second-order valence-electron chi connectivity index (χ2n) is 2.64. The van der Waals surface area contributed by atoms with Crippen LogP contribution in [0.3, 0.4) is 0 Å². The number of nitrogens with zero attached hydrogens (tertiary/aromatic N) is 2. The number of thiol groups is 1. The molecular weight excluding hydrogens is 208 g/mol. The molecule has 2 aliphatic rings. The van der Waals surface area contributed by atoms with E-state index in [-0.39, 0.29) is 11.1 Å². The second kappa shape index (κ2) is 4.07. The van der Waals surface area contributed by atoms with Gasteiger partial charge in [-0.1, -0.05) is 12.2 Å². The molecule has 2 heterocycles. The molecule has 0 N–H and O–H groups in total. The Labute approximate surface area is 85.2 Å². The zero-order valence-electron chi connectivity index (χ0n) is 7.06. The quantitative estimate of drug-likeness (QED) is 0.580. The van der Waals surface area contributed by atoms with Crippen LogP contribution < -0.4 is 0 Å². The number of allylic oxidation sites excluding steroid dienone is 2. The fourth-order valence-electron chi connectivity index (χ4n) is 1.12. The highest BCUT2D eigenvalue weighted by Crippen LogP contribution is 2.38. The number of hydrazone groups is 1. The molecule has 0 amide bonds. The van der Waals surface area contributed by atoms with Gasteiger partial charge in [0.05, 0.1) is 0 Å². The predicted octanol–water partition coefficient (Wildman–Crippen LogP) is 2.18. The number of alkyl halides is 1. The van der Waals surface area contributed by atoms with Crippen LogP contribution in [0.2, 0.25) is 0 Å². The summed E-state index contributed by atoms with van der Waals surface area (Å²) in [7, 11) is 0. The highest BCUT2D eigenvalue weighted by molar-refractivity contribution is 8.20. The van der Waals surface area contributed by atoms with E-state index in [0.29, 0.717) is 19.0 Å². The van der Waals surface area contributed by atoms with Gasteiger partial charge in [-0.05, 0) is 10.8 Å². The molecule has 72 valence electrons. The molecule has 0 fully saturated rings. The van der Waals surface area contributed by atoms with E-state index in [4.69, 9.17) is 16.3 Å². The van der Waals surface area contributed by atoms with Crippen molar-refractivity contribution in [1.82, 2.24) is 4.41 Å². The topological polar surface area (TPSA) is 24.8 Å². The number of ether oxygens (including phenoxy) is 1. The Morgan fingerprint density at radius 2 is 2.31 bits per heavy atom. The van der Waals surface area contributed by atoms with Crippen LogP contribution in [0, 0.1) is 0 Å². The van der Waals surface area contributed by atoms with E-state index in [0.717, 1.165) is 5.90 Å². The third-order valence-electron chi connectivity index (χ3n) is 1.74. The second-order valence-corrected chi connectivity index (χ2v) is 4.84. The summed E-state index contributed by atoms with van der Waals surface area (Å²) >= 11 is 5.22. The Bertz CT molecular complexity index is 265. The van der Waals surface area contributed by atoms with Crippen LogP contribution in [0.15, 0.2) is 28.1 Å². The summed E-state index contributed by atoms with van der Waals surface area (Å²) in [4.78, 5) is 0. The molecule has 0 aliphatic carbocycles. The largest absolute Gasteiger partial charge is 0.456 e. The van der Waals surface area contributed by atoms with Crippen molar-refractivity contribution in [2.24, 2.45) is 5.10 Å².